The van der Waals surface area contributed by atoms with Crippen molar-refractivity contribution in [2.75, 3.05) is 19.8 Å². The Labute approximate surface area is 145 Å². The van der Waals surface area contributed by atoms with Gasteiger partial charge in [0, 0.05) is 25.7 Å². The molecule has 1 N–H and O–H groups in total. The van der Waals surface area contributed by atoms with E-state index in [4.69, 9.17) is 9.47 Å². The van der Waals surface area contributed by atoms with Crippen LogP contribution in [0.1, 0.15) is 98.3 Å². The summed E-state index contributed by atoms with van der Waals surface area (Å²) in [5, 5.41) is 9.51. The molecule has 3 heteroatoms. The first kappa shape index (κ1) is 22.9. The molecule has 0 aromatic rings. The first-order chi connectivity index (χ1) is 11.2. The van der Waals surface area contributed by atoms with Crippen molar-refractivity contribution >= 4 is 0 Å². The highest BCUT2D eigenvalue weighted by molar-refractivity contribution is 4.79. The second kappa shape index (κ2) is 15.4. The summed E-state index contributed by atoms with van der Waals surface area (Å²) < 4.78 is 12.4. The van der Waals surface area contributed by atoms with Crippen molar-refractivity contribution in [1.29, 1.82) is 0 Å². The smallest absolute Gasteiger partial charge is 0.170 e. The number of hydrogen-bond acceptors (Lipinski definition) is 3. The van der Waals surface area contributed by atoms with Crippen LogP contribution >= 0.6 is 0 Å². The minimum atomic E-state index is -0.502. The largest absolute Gasteiger partial charge is 0.396 e. The molecule has 0 fully saturated rings. The number of rotatable bonds is 17. The molecule has 0 amide bonds. The van der Waals surface area contributed by atoms with Gasteiger partial charge in [0.25, 0.3) is 0 Å². The Kier molecular flexibility index (Phi) is 15.3. The van der Waals surface area contributed by atoms with E-state index >= 15 is 0 Å². The molecule has 0 aromatic carbocycles. The molecule has 0 radical (unpaired) electrons. The van der Waals surface area contributed by atoms with Gasteiger partial charge in [0.05, 0.1) is 0 Å². The standard InChI is InChI=1S/C20H42O3/c1-5-9-10-11-12-13-14-19(15-16-21)20(8-4,22-17-6-2)23-18-7-3/h19,21H,5-18H2,1-4H3. The quantitative estimate of drug-likeness (QED) is 0.275. The molecule has 0 saturated carbocycles. The summed E-state index contributed by atoms with van der Waals surface area (Å²) in [6.07, 6.45) is 12.5. The molecule has 0 rings (SSSR count). The van der Waals surface area contributed by atoms with Crippen LogP contribution in [0.5, 0.6) is 0 Å². The fraction of sp³-hybridized carbons (Fsp3) is 1.00. The zero-order valence-corrected chi connectivity index (χ0v) is 16.2. The first-order valence-corrected chi connectivity index (χ1v) is 10.1. The molecular weight excluding hydrogens is 288 g/mol. The molecule has 0 aliphatic heterocycles. The molecule has 0 saturated heterocycles. The van der Waals surface area contributed by atoms with Crippen LogP contribution in [0.2, 0.25) is 0 Å². The minimum absolute atomic E-state index is 0.215. The maximum atomic E-state index is 9.51. The summed E-state index contributed by atoms with van der Waals surface area (Å²) in [7, 11) is 0. The van der Waals surface area contributed by atoms with Crippen molar-refractivity contribution in [3.05, 3.63) is 0 Å². The second-order valence-electron chi connectivity index (χ2n) is 6.63. The van der Waals surface area contributed by atoms with E-state index in [1.54, 1.807) is 0 Å². The van der Waals surface area contributed by atoms with Crippen LogP contribution in [-0.4, -0.2) is 30.7 Å². The SMILES string of the molecule is CCCCCCCCC(CCO)C(CC)(OCCC)OCCC. The van der Waals surface area contributed by atoms with Gasteiger partial charge in [-0.2, -0.15) is 0 Å². The van der Waals surface area contributed by atoms with E-state index in [0.29, 0.717) is 5.92 Å². The van der Waals surface area contributed by atoms with E-state index < -0.39 is 5.79 Å². The zero-order valence-electron chi connectivity index (χ0n) is 16.2. The Bertz CT molecular complexity index is 235. The maximum Gasteiger partial charge on any atom is 0.170 e. The van der Waals surface area contributed by atoms with Gasteiger partial charge in [-0.3, -0.25) is 0 Å². The van der Waals surface area contributed by atoms with Crippen LogP contribution in [-0.2, 0) is 9.47 Å². The molecular formula is C20H42O3. The Morgan fingerprint density at radius 3 is 1.78 bits per heavy atom. The van der Waals surface area contributed by atoms with Crippen LogP contribution in [0.15, 0.2) is 0 Å². The maximum absolute atomic E-state index is 9.51. The summed E-state index contributed by atoms with van der Waals surface area (Å²) in [5.74, 6) is -0.209. The third-order valence-electron chi connectivity index (χ3n) is 4.60. The summed E-state index contributed by atoms with van der Waals surface area (Å²) in [6.45, 7) is 10.4. The topological polar surface area (TPSA) is 38.7 Å². The minimum Gasteiger partial charge on any atom is -0.396 e. The van der Waals surface area contributed by atoms with Gasteiger partial charge in [0.1, 0.15) is 0 Å². The van der Waals surface area contributed by atoms with E-state index in [1.165, 1.54) is 38.5 Å². The summed E-state index contributed by atoms with van der Waals surface area (Å²) in [5.41, 5.74) is 0. The highest BCUT2D eigenvalue weighted by Gasteiger charge is 2.38. The number of aliphatic hydroxyl groups is 1. The predicted molar refractivity (Wildman–Crippen MR) is 98.7 cm³/mol. The number of unbranched alkanes of at least 4 members (excludes halogenated alkanes) is 5. The van der Waals surface area contributed by atoms with Crippen LogP contribution in [0.25, 0.3) is 0 Å². The normalized spacial score (nSPS) is 13.4. The van der Waals surface area contributed by atoms with E-state index in [2.05, 4.69) is 27.7 Å². The third-order valence-corrected chi connectivity index (χ3v) is 4.60. The van der Waals surface area contributed by atoms with Crippen molar-refractivity contribution < 1.29 is 14.6 Å². The van der Waals surface area contributed by atoms with E-state index in [-0.39, 0.29) is 6.61 Å². The lowest BCUT2D eigenvalue weighted by molar-refractivity contribution is -0.272. The molecule has 1 atom stereocenters. The number of ether oxygens (including phenoxy) is 2. The Balaban J connectivity index is 4.62. The van der Waals surface area contributed by atoms with E-state index in [1.807, 2.05) is 0 Å². The lowest BCUT2D eigenvalue weighted by Gasteiger charge is -2.40. The molecule has 0 aliphatic carbocycles. The zero-order chi connectivity index (χ0) is 17.4. The number of aliphatic hydroxyl groups excluding tert-OH is 1. The highest BCUT2D eigenvalue weighted by atomic mass is 16.7. The summed E-state index contributed by atoms with van der Waals surface area (Å²) in [6, 6.07) is 0. The molecule has 0 aromatic heterocycles. The van der Waals surface area contributed by atoms with Crippen molar-refractivity contribution in [2.45, 2.75) is 104 Å². The van der Waals surface area contributed by atoms with Gasteiger partial charge in [0.15, 0.2) is 5.79 Å². The van der Waals surface area contributed by atoms with Crippen molar-refractivity contribution in [3.8, 4) is 0 Å². The Morgan fingerprint density at radius 1 is 0.739 bits per heavy atom. The molecule has 3 nitrogen and oxygen atoms in total. The lowest BCUT2D eigenvalue weighted by atomic mass is 9.87. The molecule has 140 valence electrons. The second-order valence-corrected chi connectivity index (χ2v) is 6.63. The summed E-state index contributed by atoms with van der Waals surface area (Å²) >= 11 is 0. The average Bonchev–Trinajstić information content (AvgIpc) is 2.58. The molecule has 0 spiro atoms. The van der Waals surface area contributed by atoms with Gasteiger partial charge in [0.2, 0.25) is 0 Å². The van der Waals surface area contributed by atoms with Gasteiger partial charge >= 0.3 is 0 Å². The molecule has 0 heterocycles. The van der Waals surface area contributed by atoms with E-state index in [0.717, 1.165) is 45.3 Å². The summed E-state index contributed by atoms with van der Waals surface area (Å²) in [4.78, 5) is 0. The van der Waals surface area contributed by atoms with Gasteiger partial charge in [-0.25, -0.2) is 0 Å². The van der Waals surface area contributed by atoms with Crippen LogP contribution in [0.3, 0.4) is 0 Å². The number of hydrogen-bond donors (Lipinski definition) is 1. The van der Waals surface area contributed by atoms with Crippen LogP contribution < -0.4 is 0 Å². The average molecular weight is 331 g/mol. The monoisotopic (exact) mass is 330 g/mol. The Morgan fingerprint density at radius 2 is 1.30 bits per heavy atom. The predicted octanol–water partition coefficient (Wildman–Crippen LogP) is 5.70. The van der Waals surface area contributed by atoms with Gasteiger partial charge < -0.3 is 14.6 Å². The van der Waals surface area contributed by atoms with Crippen molar-refractivity contribution in [1.82, 2.24) is 0 Å². The molecule has 1 unspecified atom stereocenters. The van der Waals surface area contributed by atoms with Crippen molar-refractivity contribution in [2.24, 2.45) is 5.92 Å². The van der Waals surface area contributed by atoms with Gasteiger partial charge in [-0.1, -0.05) is 66.2 Å². The van der Waals surface area contributed by atoms with Crippen LogP contribution in [0, 0.1) is 5.92 Å². The molecule has 23 heavy (non-hydrogen) atoms. The molecule has 0 bridgehead atoms. The van der Waals surface area contributed by atoms with Crippen LogP contribution in [0.4, 0.5) is 0 Å². The molecule has 0 aliphatic rings. The van der Waals surface area contributed by atoms with Gasteiger partial charge in [-0.05, 0) is 32.1 Å². The van der Waals surface area contributed by atoms with Crippen molar-refractivity contribution in [3.63, 3.8) is 0 Å². The first-order valence-electron chi connectivity index (χ1n) is 10.1. The highest BCUT2D eigenvalue weighted by Crippen LogP contribution is 2.34. The lowest BCUT2D eigenvalue weighted by Crippen LogP contribution is -2.44. The Hall–Kier alpha value is -0.120. The third kappa shape index (κ3) is 9.69. The fourth-order valence-electron chi connectivity index (χ4n) is 3.23. The van der Waals surface area contributed by atoms with Gasteiger partial charge in [-0.15, -0.1) is 0 Å². The fourth-order valence-corrected chi connectivity index (χ4v) is 3.23. The van der Waals surface area contributed by atoms with E-state index in [9.17, 15) is 5.11 Å².